The van der Waals surface area contributed by atoms with E-state index in [4.69, 9.17) is 0 Å². The Hall–Kier alpha value is 0. The van der Waals surface area contributed by atoms with Gasteiger partial charge in [0, 0.05) is 0 Å². The van der Waals surface area contributed by atoms with Crippen molar-refractivity contribution in [2.75, 3.05) is 0 Å². The molecule has 0 heterocycles. The highest BCUT2D eigenvalue weighted by Gasteiger charge is 2.02. The monoisotopic (exact) mass is 282 g/mol. The molecule has 0 aliphatic carbocycles. The highest BCUT2D eigenvalue weighted by Crippen LogP contribution is 2.18. The van der Waals surface area contributed by atoms with Crippen molar-refractivity contribution >= 4 is 0 Å². The Morgan fingerprint density at radius 3 is 1.35 bits per heavy atom. The number of unbranched alkanes of at least 4 members (excludes halogenated alkanes) is 9. The first kappa shape index (κ1) is 20.0. The fourth-order valence-electron chi connectivity index (χ4n) is 2.99. The van der Waals surface area contributed by atoms with Gasteiger partial charge in [0.05, 0.1) is 0 Å². The zero-order valence-electron chi connectivity index (χ0n) is 15.1. The van der Waals surface area contributed by atoms with Crippen molar-refractivity contribution in [3.63, 3.8) is 0 Å². The molecule has 0 aromatic heterocycles. The molecule has 0 fully saturated rings. The van der Waals surface area contributed by atoms with Crippen LogP contribution in [0.4, 0.5) is 0 Å². The van der Waals surface area contributed by atoms with E-state index < -0.39 is 0 Å². The Kier molecular flexibility index (Phi) is 15.4. The van der Waals surface area contributed by atoms with Gasteiger partial charge in [-0.05, 0) is 11.8 Å². The van der Waals surface area contributed by atoms with E-state index in [1.807, 2.05) is 0 Å². The SMILES string of the molecule is CCCCCCCCCC(C)CCCCCCC(C)C. The lowest BCUT2D eigenvalue weighted by molar-refractivity contribution is 0.427. The predicted molar refractivity (Wildman–Crippen MR) is 94.3 cm³/mol. The lowest BCUT2D eigenvalue weighted by Crippen LogP contribution is -1.95. The molecule has 0 radical (unpaired) electrons. The van der Waals surface area contributed by atoms with Crippen LogP contribution in [0.2, 0.25) is 0 Å². The topological polar surface area (TPSA) is 0 Å². The van der Waals surface area contributed by atoms with Crippen molar-refractivity contribution in [3.05, 3.63) is 0 Å². The molecule has 122 valence electrons. The van der Waals surface area contributed by atoms with Gasteiger partial charge >= 0.3 is 0 Å². The highest BCUT2D eigenvalue weighted by atomic mass is 14.1. The van der Waals surface area contributed by atoms with E-state index in [1.165, 1.54) is 89.9 Å². The molecule has 1 atom stereocenters. The molecule has 0 saturated carbocycles. The first-order valence-electron chi connectivity index (χ1n) is 9.66. The summed E-state index contributed by atoms with van der Waals surface area (Å²) in [6, 6.07) is 0. The highest BCUT2D eigenvalue weighted by molar-refractivity contribution is 4.56. The Balaban J connectivity index is 3.14. The van der Waals surface area contributed by atoms with E-state index >= 15 is 0 Å². The molecule has 0 heteroatoms. The van der Waals surface area contributed by atoms with E-state index in [-0.39, 0.29) is 0 Å². The molecule has 20 heavy (non-hydrogen) atoms. The largest absolute Gasteiger partial charge is 0.0654 e. The van der Waals surface area contributed by atoms with Crippen LogP contribution in [0.1, 0.15) is 118 Å². The van der Waals surface area contributed by atoms with Crippen LogP contribution >= 0.6 is 0 Å². The first-order chi connectivity index (χ1) is 9.66. The van der Waals surface area contributed by atoms with Crippen molar-refractivity contribution < 1.29 is 0 Å². The number of hydrogen-bond acceptors (Lipinski definition) is 0. The molecular weight excluding hydrogens is 240 g/mol. The van der Waals surface area contributed by atoms with Crippen molar-refractivity contribution in [1.82, 2.24) is 0 Å². The zero-order chi connectivity index (χ0) is 15.1. The van der Waals surface area contributed by atoms with Crippen LogP contribution in [-0.2, 0) is 0 Å². The minimum absolute atomic E-state index is 0.895. The molecule has 0 nitrogen and oxygen atoms in total. The van der Waals surface area contributed by atoms with Gasteiger partial charge in [-0.3, -0.25) is 0 Å². The Bertz CT molecular complexity index is 171. The van der Waals surface area contributed by atoms with E-state index in [2.05, 4.69) is 27.7 Å². The van der Waals surface area contributed by atoms with Crippen molar-refractivity contribution in [3.8, 4) is 0 Å². The standard InChI is InChI=1S/C20H42/c1-5-6-7-8-9-10-14-17-20(4)18-15-12-11-13-16-19(2)3/h19-20H,5-18H2,1-4H3. The van der Waals surface area contributed by atoms with Gasteiger partial charge in [0.1, 0.15) is 0 Å². The molecule has 0 spiro atoms. The third-order valence-electron chi connectivity index (χ3n) is 4.53. The minimum atomic E-state index is 0.895. The predicted octanol–water partition coefficient (Wildman–Crippen LogP) is 7.76. The fourth-order valence-corrected chi connectivity index (χ4v) is 2.99. The van der Waals surface area contributed by atoms with Crippen LogP contribution in [0.15, 0.2) is 0 Å². The maximum atomic E-state index is 2.46. The van der Waals surface area contributed by atoms with Crippen LogP contribution in [0, 0.1) is 11.8 Å². The second kappa shape index (κ2) is 15.4. The summed E-state index contributed by atoms with van der Waals surface area (Å²) in [5.41, 5.74) is 0. The summed E-state index contributed by atoms with van der Waals surface area (Å²) in [7, 11) is 0. The first-order valence-corrected chi connectivity index (χ1v) is 9.66. The summed E-state index contributed by atoms with van der Waals surface area (Å²) in [5.74, 6) is 1.86. The quantitative estimate of drug-likeness (QED) is 0.269. The molecule has 0 rings (SSSR count). The molecule has 1 unspecified atom stereocenters. The molecule has 0 N–H and O–H groups in total. The van der Waals surface area contributed by atoms with Crippen LogP contribution in [0.5, 0.6) is 0 Å². The van der Waals surface area contributed by atoms with E-state index in [0.717, 1.165) is 11.8 Å². The molecule has 0 aromatic rings. The smallest absolute Gasteiger partial charge is 0.0443 e. The van der Waals surface area contributed by atoms with E-state index in [0.29, 0.717) is 0 Å². The fraction of sp³-hybridized carbons (Fsp3) is 1.00. The molecule has 0 aliphatic rings. The molecule has 0 saturated heterocycles. The lowest BCUT2D eigenvalue weighted by Gasteiger charge is -2.11. The molecule has 0 aliphatic heterocycles. The molecule has 0 aromatic carbocycles. The maximum Gasteiger partial charge on any atom is -0.0443 e. The molecule has 0 bridgehead atoms. The van der Waals surface area contributed by atoms with Crippen LogP contribution in [0.25, 0.3) is 0 Å². The normalized spacial score (nSPS) is 13.1. The number of hydrogen-bond donors (Lipinski definition) is 0. The second-order valence-electron chi connectivity index (χ2n) is 7.40. The second-order valence-corrected chi connectivity index (χ2v) is 7.40. The van der Waals surface area contributed by atoms with E-state index in [9.17, 15) is 0 Å². The van der Waals surface area contributed by atoms with Gasteiger partial charge in [0.25, 0.3) is 0 Å². The van der Waals surface area contributed by atoms with E-state index in [1.54, 1.807) is 0 Å². The summed E-state index contributed by atoms with van der Waals surface area (Å²) in [6.07, 6.45) is 20.4. The third-order valence-corrected chi connectivity index (χ3v) is 4.53. The van der Waals surface area contributed by atoms with Crippen molar-refractivity contribution in [2.45, 2.75) is 118 Å². The van der Waals surface area contributed by atoms with Crippen molar-refractivity contribution in [2.24, 2.45) is 11.8 Å². The van der Waals surface area contributed by atoms with Gasteiger partial charge in [-0.15, -0.1) is 0 Å². The summed E-state index contributed by atoms with van der Waals surface area (Å²) in [6.45, 7) is 9.43. The number of rotatable bonds is 15. The van der Waals surface area contributed by atoms with Gasteiger partial charge in [-0.1, -0.05) is 118 Å². The lowest BCUT2D eigenvalue weighted by atomic mass is 9.95. The van der Waals surface area contributed by atoms with Gasteiger partial charge in [-0.25, -0.2) is 0 Å². The van der Waals surface area contributed by atoms with Gasteiger partial charge in [0.15, 0.2) is 0 Å². The zero-order valence-corrected chi connectivity index (χ0v) is 15.1. The van der Waals surface area contributed by atoms with Crippen LogP contribution in [0.3, 0.4) is 0 Å². The Morgan fingerprint density at radius 2 is 0.900 bits per heavy atom. The molecular formula is C20H42. The summed E-state index contributed by atoms with van der Waals surface area (Å²) in [4.78, 5) is 0. The van der Waals surface area contributed by atoms with Gasteiger partial charge in [-0.2, -0.15) is 0 Å². The summed E-state index contributed by atoms with van der Waals surface area (Å²) >= 11 is 0. The minimum Gasteiger partial charge on any atom is -0.0654 e. The van der Waals surface area contributed by atoms with Gasteiger partial charge < -0.3 is 0 Å². The van der Waals surface area contributed by atoms with Crippen molar-refractivity contribution in [1.29, 1.82) is 0 Å². The average molecular weight is 283 g/mol. The maximum absolute atomic E-state index is 2.46. The molecule has 0 amide bonds. The third kappa shape index (κ3) is 16.1. The average Bonchev–Trinajstić information content (AvgIpc) is 2.41. The van der Waals surface area contributed by atoms with Crippen LogP contribution in [-0.4, -0.2) is 0 Å². The van der Waals surface area contributed by atoms with Gasteiger partial charge in [0.2, 0.25) is 0 Å². The Morgan fingerprint density at radius 1 is 0.500 bits per heavy atom. The van der Waals surface area contributed by atoms with Crippen LogP contribution < -0.4 is 0 Å². The summed E-state index contributed by atoms with van der Waals surface area (Å²) in [5, 5.41) is 0. The Labute approximate surface area is 130 Å². The summed E-state index contributed by atoms with van der Waals surface area (Å²) < 4.78 is 0.